The Labute approximate surface area is 116 Å². The van der Waals surface area contributed by atoms with E-state index in [-0.39, 0.29) is 34.8 Å². The monoisotopic (exact) mass is 282 g/mol. The van der Waals surface area contributed by atoms with Gasteiger partial charge in [0.25, 0.3) is 5.91 Å². The smallest absolute Gasteiger partial charge is 0.256 e. The number of pyridine rings is 1. The topological polar surface area (TPSA) is 79.5 Å². The zero-order valence-corrected chi connectivity index (χ0v) is 11.4. The van der Waals surface area contributed by atoms with E-state index < -0.39 is 0 Å². The van der Waals surface area contributed by atoms with Gasteiger partial charge in [0.1, 0.15) is 12.4 Å². The number of amides is 2. The molecule has 0 bridgehead atoms. The fraction of sp³-hybridized carbons (Fsp3) is 0.417. The summed E-state index contributed by atoms with van der Waals surface area (Å²) in [6.07, 6.45) is 2.09. The molecule has 19 heavy (non-hydrogen) atoms. The summed E-state index contributed by atoms with van der Waals surface area (Å²) in [5.74, 6) is -0.141. The van der Waals surface area contributed by atoms with E-state index in [0.717, 1.165) is 6.42 Å². The molecule has 0 aromatic carbocycles. The van der Waals surface area contributed by atoms with Crippen molar-refractivity contribution < 1.29 is 9.59 Å². The second-order valence-corrected chi connectivity index (χ2v) is 4.89. The maximum absolute atomic E-state index is 12.4. The van der Waals surface area contributed by atoms with Crippen molar-refractivity contribution in [3.8, 4) is 0 Å². The predicted molar refractivity (Wildman–Crippen MR) is 71.8 cm³/mol. The zero-order valence-electron chi connectivity index (χ0n) is 10.6. The molecule has 1 aliphatic rings. The highest BCUT2D eigenvalue weighted by molar-refractivity contribution is 6.33. The number of nitrogens with zero attached hydrogens (tertiary/aromatic N) is 3. The number of halogens is 1. The van der Waals surface area contributed by atoms with Crippen LogP contribution in [0.3, 0.4) is 0 Å². The first-order valence-electron chi connectivity index (χ1n) is 5.93. The summed E-state index contributed by atoms with van der Waals surface area (Å²) < 4.78 is 0. The Morgan fingerprint density at radius 2 is 2.21 bits per heavy atom. The van der Waals surface area contributed by atoms with Crippen LogP contribution in [0, 0.1) is 0 Å². The van der Waals surface area contributed by atoms with Crippen LogP contribution in [-0.4, -0.2) is 53.3 Å². The van der Waals surface area contributed by atoms with Gasteiger partial charge in [-0.15, -0.1) is 0 Å². The molecule has 1 aromatic rings. The van der Waals surface area contributed by atoms with E-state index in [0.29, 0.717) is 13.1 Å². The molecule has 0 aliphatic carbocycles. The lowest BCUT2D eigenvalue weighted by Gasteiger charge is -2.20. The van der Waals surface area contributed by atoms with E-state index >= 15 is 0 Å². The van der Waals surface area contributed by atoms with Gasteiger partial charge in [-0.25, -0.2) is 4.98 Å². The van der Waals surface area contributed by atoms with Crippen LogP contribution >= 0.6 is 11.6 Å². The van der Waals surface area contributed by atoms with Crippen molar-refractivity contribution >= 4 is 29.2 Å². The van der Waals surface area contributed by atoms with Gasteiger partial charge in [-0.2, -0.15) is 0 Å². The van der Waals surface area contributed by atoms with E-state index in [1.165, 1.54) is 17.2 Å². The number of rotatable bonds is 1. The molecule has 1 saturated heterocycles. The number of nitrogens with two attached hydrogens (primary N) is 1. The van der Waals surface area contributed by atoms with Gasteiger partial charge in [0.05, 0.1) is 10.6 Å². The van der Waals surface area contributed by atoms with Crippen LogP contribution in [0.2, 0.25) is 5.02 Å². The van der Waals surface area contributed by atoms with E-state index in [9.17, 15) is 9.59 Å². The first-order valence-corrected chi connectivity index (χ1v) is 6.31. The maximum atomic E-state index is 12.4. The highest BCUT2D eigenvalue weighted by atomic mass is 35.5. The predicted octanol–water partition coefficient (Wildman–Crippen LogP) is 0.621. The molecule has 1 fully saturated rings. The van der Waals surface area contributed by atoms with Gasteiger partial charge in [0.2, 0.25) is 5.91 Å². The molecule has 0 atom stereocenters. The SMILES string of the molecule is CN1CCCN(C(=O)c2cc(N)ncc2Cl)CC1=O. The van der Waals surface area contributed by atoms with E-state index in [2.05, 4.69) is 4.98 Å². The molecule has 2 rings (SSSR count). The molecule has 2 heterocycles. The van der Waals surface area contributed by atoms with Crippen molar-refractivity contribution in [3.63, 3.8) is 0 Å². The van der Waals surface area contributed by atoms with E-state index in [1.807, 2.05) is 0 Å². The Morgan fingerprint density at radius 3 is 2.95 bits per heavy atom. The van der Waals surface area contributed by atoms with Crippen LogP contribution in [-0.2, 0) is 4.79 Å². The summed E-state index contributed by atoms with van der Waals surface area (Å²) in [6, 6.07) is 1.43. The van der Waals surface area contributed by atoms with Crippen LogP contribution in [0.5, 0.6) is 0 Å². The molecule has 2 N–H and O–H groups in total. The molecule has 0 unspecified atom stereocenters. The number of aromatic nitrogens is 1. The van der Waals surface area contributed by atoms with E-state index in [1.54, 1.807) is 11.9 Å². The Hall–Kier alpha value is -1.82. The molecule has 7 heteroatoms. The van der Waals surface area contributed by atoms with Gasteiger partial charge in [-0.05, 0) is 12.5 Å². The minimum atomic E-state index is -0.289. The fourth-order valence-electron chi connectivity index (χ4n) is 1.95. The fourth-order valence-corrected chi connectivity index (χ4v) is 2.13. The summed E-state index contributed by atoms with van der Waals surface area (Å²) >= 11 is 5.96. The normalized spacial score (nSPS) is 16.4. The van der Waals surface area contributed by atoms with Gasteiger partial charge < -0.3 is 15.5 Å². The van der Waals surface area contributed by atoms with Gasteiger partial charge in [0.15, 0.2) is 0 Å². The van der Waals surface area contributed by atoms with Crippen LogP contribution in [0.25, 0.3) is 0 Å². The summed E-state index contributed by atoms with van der Waals surface area (Å²) in [5.41, 5.74) is 5.84. The van der Waals surface area contributed by atoms with Crippen molar-refractivity contribution in [3.05, 3.63) is 22.8 Å². The number of hydrogen-bond acceptors (Lipinski definition) is 4. The third kappa shape index (κ3) is 2.96. The number of likely N-dealkylation sites (N-methyl/N-ethyl adjacent to an activating group) is 1. The third-order valence-corrected chi connectivity index (χ3v) is 3.37. The standard InChI is InChI=1S/C12H15ClN4O2/c1-16-3-2-4-17(7-11(16)18)12(19)8-5-10(14)15-6-9(8)13/h5-6H,2-4,7H2,1H3,(H2,14,15). The lowest BCUT2D eigenvalue weighted by atomic mass is 10.2. The molecule has 2 amide bonds. The van der Waals surface area contributed by atoms with Crippen molar-refractivity contribution in [2.45, 2.75) is 6.42 Å². The number of carbonyl (C=O) groups excluding carboxylic acids is 2. The van der Waals surface area contributed by atoms with Crippen LogP contribution < -0.4 is 5.73 Å². The first-order chi connectivity index (χ1) is 8.99. The minimum absolute atomic E-state index is 0.0634. The number of nitrogen functional groups attached to an aromatic ring is 1. The van der Waals surface area contributed by atoms with Crippen molar-refractivity contribution in [1.29, 1.82) is 0 Å². The molecule has 0 radical (unpaired) electrons. The maximum Gasteiger partial charge on any atom is 0.256 e. The highest BCUT2D eigenvalue weighted by Crippen LogP contribution is 2.19. The number of anilines is 1. The largest absolute Gasteiger partial charge is 0.384 e. The van der Waals surface area contributed by atoms with Crippen LogP contribution in [0.4, 0.5) is 5.82 Å². The molecular formula is C12H15ClN4O2. The zero-order chi connectivity index (χ0) is 14.0. The second-order valence-electron chi connectivity index (χ2n) is 4.48. The van der Waals surface area contributed by atoms with Crippen molar-refractivity contribution in [2.75, 3.05) is 32.4 Å². The number of hydrogen-bond donors (Lipinski definition) is 1. The molecule has 6 nitrogen and oxygen atoms in total. The van der Waals surface area contributed by atoms with Gasteiger partial charge in [-0.1, -0.05) is 11.6 Å². The van der Waals surface area contributed by atoms with Gasteiger partial charge in [-0.3, -0.25) is 9.59 Å². The lowest BCUT2D eigenvalue weighted by Crippen LogP contribution is -2.38. The Balaban J connectivity index is 2.23. The first kappa shape index (κ1) is 13.6. The summed E-state index contributed by atoms with van der Waals surface area (Å²) in [4.78, 5) is 31.1. The molecule has 0 saturated carbocycles. The van der Waals surface area contributed by atoms with Crippen LogP contribution in [0.15, 0.2) is 12.3 Å². The molecule has 0 spiro atoms. The van der Waals surface area contributed by atoms with Crippen LogP contribution in [0.1, 0.15) is 16.8 Å². The molecule has 102 valence electrons. The molecule has 1 aliphatic heterocycles. The summed E-state index contributed by atoms with van der Waals surface area (Å²) in [6.45, 7) is 1.23. The third-order valence-electron chi connectivity index (χ3n) is 3.07. The molecule has 1 aromatic heterocycles. The number of carbonyl (C=O) groups is 2. The lowest BCUT2D eigenvalue weighted by molar-refractivity contribution is -0.129. The average Bonchev–Trinajstić information content (AvgIpc) is 2.54. The van der Waals surface area contributed by atoms with Gasteiger partial charge in [0, 0.05) is 26.3 Å². The van der Waals surface area contributed by atoms with E-state index in [4.69, 9.17) is 17.3 Å². The van der Waals surface area contributed by atoms with Crippen molar-refractivity contribution in [1.82, 2.24) is 14.8 Å². The summed E-state index contributed by atoms with van der Waals surface area (Å²) in [5, 5.41) is 0.240. The Bertz CT molecular complexity index is 520. The molecular weight excluding hydrogens is 268 g/mol. The minimum Gasteiger partial charge on any atom is -0.384 e. The van der Waals surface area contributed by atoms with Crippen molar-refractivity contribution in [2.24, 2.45) is 0 Å². The quantitative estimate of drug-likeness (QED) is 0.819. The average molecular weight is 283 g/mol. The highest BCUT2D eigenvalue weighted by Gasteiger charge is 2.25. The summed E-state index contributed by atoms with van der Waals surface area (Å²) in [7, 11) is 1.73. The van der Waals surface area contributed by atoms with Gasteiger partial charge >= 0.3 is 0 Å². The Morgan fingerprint density at radius 1 is 1.47 bits per heavy atom. The Kier molecular flexibility index (Phi) is 3.90. The second kappa shape index (κ2) is 5.44.